The number of phenolic OH excluding ortho intramolecular Hbond substituents is 1. The number of carbonyl (C=O) groups is 3. The number of ketones is 1. The summed E-state index contributed by atoms with van der Waals surface area (Å²) in [5.41, 5.74) is 1.28. The Kier molecular flexibility index (Phi) is 8.79. The van der Waals surface area contributed by atoms with Gasteiger partial charge in [0.15, 0.2) is 11.5 Å². The van der Waals surface area contributed by atoms with Gasteiger partial charge in [0.2, 0.25) is 5.75 Å². The molecule has 9 nitrogen and oxygen atoms in total. The number of fused-ring (bicyclic) bond motifs is 2. The summed E-state index contributed by atoms with van der Waals surface area (Å²) in [5, 5.41) is 11.6. The number of esters is 2. The first-order valence-corrected chi connectivity index (χ1v) is 13.1. The molecule has 0 spiro atoms. The lowest BCUT2D eigenvalue weighted by atomic mass is 9.83. The fourth-order valence-corrected chi connectivity index (χ4v) is 5.11. The Morgan fingerprint density at radius 2 is 1.64 bits per heavy atom. The number of hydrogen-bond acceptors (Lipinski definition) is 9. The highest BCUT2D eigenvalue weighted by Gasteiger charge is 2.36. The molecule has 0 saturated heterocycles. The van der Waals surface area contributed by atoms with Crippen LogP contribution in [0.5, 0.6) is 28.7 Å². The van der Waals surface area contributed by atoms with E-state index in [4.69, 9.17) is 23.7 Å². The van der Waals surface area contributed by atoms with Gasteiger partial charge in [0, 0.05) is 24.3 Å². The molecular formula is C30H34O9. The quantitative estimate of drug-likeness (QED) is 0.406. The fourth-order valence-electron chi connectivity index (χ4n) is 5.11. The van der Waals surface area contributed by atoms with Crippen molar-refractivity contribution < 1.29 is 43.2 Å². The first kappa shape index (κ1) is 28.0. The highest BCUT2D eigenvalue weighted by molar-refractivity contribution is 5.98. The summed E-state index contributed by atoms with van der Waals surface area (Å²) in [7, 11) is 4.47. The van der Waals surface area contributed by atoms with E-state index in [0.717, 1.165) is 0 Å². The third-order valence-corrected chi connectivity index (χ3v) is 7.07. The predicted octanol–water partition coefficient (Wildman–Crippen LogP) is 5.34. The van der Waals surface area contributed by atoms with Crippen LogP contribution in [0, 0.1) is 0 Å². The second kappa shape index (κ2) is 12.2. The predicted molar refractivity (Wildman–Crippen MR) is 143 cm³/mol. The number of cyclic esters (lactones) is 1. The maximum atomic E-state index is 13.4. The Balaban J connectivity index is 1.86. The Morgan fingerprint density at radius 1 is 0.949 bits per heavy atom. The van der Waals surface area contributed by atoms with Crippen molar-refractivity contribution in [1.29, 1.82) is 0 Å². The molecule has 4 rings (SSSR count). The molecule has 0 bridgehead atoms. The number of rotatable bonds is 4. The topological polar surface area (TPSA) is 118 Å². The summed E-state index contributed by atoms with van der Waals surface area (Å²) in [6, 6.07) is 4.99. The molecule has 2 aromatic carbocycles. The number of allylic oxidation sites excluding steroid dienone is 1. The molecule has 2 heterocycles. The van der Waals surface area contributed by atoms with Crippen LogP contribution in [0.4, 0.5) is 0 Å². The van der Waals surface area contributed by atoms with E-state index in [1.54, 1.807) is 31.2 Å². The summed E-state index contributed by atoms with van der Waals surface area (Å²) >= 11 is 0. The van der Waals surface area contributed by atoms with Gasteiger partial charge in [-0.1, -0.05) is 12.2 Å². The van der Waals surface area contributed by atoms with Crippen molar-refractivity contribution in [3.8, 4) is 28.7 Å². The standard InChI is InChI=1S/C30H34O9/c1-17-9-8-12-20(31)11-7-5-6-10-18-13-22-27(28(33)26(18)30(34)38-17)21(16-25(32)39-22)19-14-23(35-2)29(37-4)24(15-19)36-3/h6,10,13-15,17,21,33H,5,7-9,11-12,16H2,1-4H3/t17-,21+/m0/s1. The minimum atomic E-state index is -0.689. The van der Waals surface area contributed by atoms with Crippen LogP contribution in [0.2, 0.25) is 0 Å². The van der Waals surface area contributed by atoms with Crippen LogP contribution in [0.25, 0.3) is 6.08 Å². The van der Waals surface area contributed by atoms with Gasteiger partial charge in [-0.3, -0.25) is 9.59 Å². The molecular weight excluding hydrogens is 504 g/mol. The Hall–Kier alpha value is -4.01. The van der Waals surface area contributed by atoms with Crippen molar-refractivity contribution in [1.82, 2.24) is 0 Å². The molecule has 0 fully saturated rings. The van der Waals surface area contributed by atoms with E-state index in [2.05, 4.69) is 0 Å². The SMILES string of the molecule is COc1cc([C@H]2CC(=O)Oc3cc4c(c(O)c32)C(=O)O[C@@H](C)CCCC(=O)CCCC=C4)cc(OC)c1OC. The van der Waals surface area contributed by atoms with Crippen molar-refractivity contribution >= 4 is 23.8 Å². The maximum absolute atomic E-state index is 13.4. The van der Waals surface area contributed by atoms with Crippen LogP contribution in [-0.2, 0) is 14.3 Å². The Labute approximate surface area is 227 Å². The van der Waals surface area contributed by atoms with Crippen LogP contribution in [-0.4, -0.2) is 50.3 Å². The number of Topliss-reactive ketones (excluding diaryl/α,β-unsaturated/α-hetero) is 1. The third-order valence-electron chi connectivity index (χ3n) is 7.07. The van der Waals surface area contributed by atoms with Crippen molar-refractivity contribution in [2.45, 2.75) is 63.9 Å². The molecule has 0 radical (unpaired) electrons. The van der Waals surface area contributed by atoms with E-state index < -0.39 is 24.0 Å². The van der Waals surface area contributed by atoms with E-state index in [1.165, 1.54) is 21.3 Å². The first-order valence-electron chi connectivity index (χ1n) is 13.1. The van der Waals surface area contributed by atoms with Gasteiger partial charge >= 0.3 is 11.9 Å². The zero-order chi connectivity index (χ0) is 28.1. The molecule has 2 aliphatic heterocycles. The van der Waals surface area contributed by atoms with Crippen molar-refractivity contribution in [3.05, 3.63) is 46.5 Å². The minimum Gasteiger partial charge on any atom is -0.507 e. The van der Waals surface area contributed by atoms with E-state index in [9.17, 15) is 19.5 Å². The molecule has 0 unspecified atom stereocenters. The number of hydrogen-bond donors (Lipinski definition) is 1. The lowest BCUT2D eigenvalue weighted by molar-refractivity contribution is -0.135. The van der Waals surface area contributed by atoms with E-state index >= 15 is 0 Å². The van der Waals surface area contributed by atoms with Gasteiger partial charge in [0.1, 0.15) is 22.8 Å². The Morgan fingerprint density at radius 3 is 2.31 bits per heavy atom. The number of phenols is 1. The van der Waals surface area contributed by atoms with Gasteiger partial charge in [-0.25, -0.2) is 4.79 Å². The average Bonchev–Trinajstić information content (AvgIpc) is 2.90. The van der Waals surface area contributed by atoms with Crippen LogP contribution in [0.3, 0.4) is 0 Å². The zero-order valence-corrected chi connectivity index (χ0v) is 22.7. The van der Waals surface area contributed by atoms with Crippen molar-refractivity contribution in [3.63, 3.8) is 0 Å². The highest BCUT2D eigenvalue weighted by atomic mass is 16.5. The monoisotopic (exact) mass is 538 g/mol. The van der Waals surface area contributed by atoms with Gasteiger partial charge in [0.05, 0.1) is 33.9 Å². The molecule has 0 aromatic heterocycles. The molecule has 1 N–H and O–H groups in total. The summed E-state index contributed by atoms with van der Waals surface area (Å²) in [4.78, 5) is 38.2. The molecule has 2 atom stereocenters. The molecule has 2 aliphatic rings. The van der Waals surface area contributed by atoms with Crippen LogP contribution in [0.15, 0.2) is 24.3 Å². The van der Waals surface area contributed by atoms with Crippen LogP contribution >= 0.6 is 0 Å². The maximum Gasteiger partial charge on any atom is 0.342 e. The largest absolute Gasteiger partial charge is 0.507 e. The average molecular weight is 539 g/mol. The number of carbonyl (C=O) groups excluding carboxylic acids is 3. The zero-order valence-electron chi connectivity index (χ0n) is 22.7. The number of benzene rings is 2. The lowest BCUT2D eigenvalue weighted by Crippen LogP contribution is -2.23. The molecule has 0 aliphatic carbocycles. The number of ether oxygens (including phenoxy) is 5. The van der Waals surface area contributed by atoms with Crippen molar-refractivity contribution in [2.75, 3.05) is 21.3 Å². The second-order valence-electron chi connectivity index (χ2n) is 9.73. The Bertz CT molecular complexity index is 1270. The van der Waals surface area contributed by atoms with Crippen LogP contribution in [0.1, 0.15) is 84.8 Å². The number of methoxy groups -OCH3 is 3. The fraction of sp³-hybridized carbons (Fsp3) is 0.433. The summed E-state index contributed by atoms with van der Waals surface area (Å²) in [5.74, 6) is -0.628. The minimum absolute atomic E-state index is 0.000349. The summed E-state index contributed by atoms with van der Waals surface area (Å²) in [6.07, 6.45) is 6.36. The van der Waals surface area contributed by atoms with Crippen LogP contribution < -0.4 is 18.9 Å². The summed E-state index contributed by atoms with van der Waals surface area (Å²) in [6.45, 7) is 1.76. The summed E-state index contributed by atoms with van der Waals surface area (Å²) < 4.78 is 27.6. The third kappa shape index (κ3) is 6.02. The van der Waals surface area contributed by atoms with Gasteiger partial charge in [-0.05, 0) is 61.9 Å². The van der Waals surface area contributed by atoms with Gasteiger partial charge in [-0.2, -0.15) is 0 Å². The molecule has 9 heteroatoms. The first-order chi connectivity index (χ1) is 18.8. The normalized spacial score (nSPS) is 20.2. The molecule has 208 valence electrons. The number of aromatic hydroxyl groups is 1. The van der Waals surface area contributed by atoms with Gasteiger partial charge in [0.25, 0.3) is 0 Å². The van der Waals surface area contributed by atoms with E-state index in [1.807, 2.05) is 6.08 Å². The molecule has 39 heavy (non-hydrogen) atoms. The van der Waals surface area contributed by atoms with Gasteiger partial charge < -0.3 is 28.8 Å². The smallest absolute Gasteiger partial charge is 0.342 e. The molecule has 0 amide bonds. The van der Waals surface area contributed by atoms with Gasteiger partial charge in [-0.15, -0.1) is 0 Å². The second-order valence-corrected chi connectivity index (χ2v) is 9.73. The lowest BCUT2D eigenvalue weighted by Gasteiger charge is -2.28. The van der Waals surface area contributed by atoms with Crippen molar-refractivity contribution in [2.24, 2.45) is 0 Å². The highest BCUT2D eigenvalue weighted by Crippen LogP contribution is 2.49. The molecule has 2 aromatic rings. The van der Waals surface area contributed by atoms with E-state index in [0.29, 0.717) is 72.5 Å². The molecule has 0 saturated carbocycles. The van der Waals surface area contributed by atoms with E-state index in [-0.39, 0.29) is 29.3 Å².